The first kappa shape index (κ1) is 14.9. The molecule has 0 fully saturated rings. The molecular weight excluding hydrogens is 264 g/mol. The third-order valence-electron chi connectivity index (χ3n) is 3.19. The van der Waals surface area contributed by atoms with Gasteiger partial charge in [-0.25, -0.2) is 4.79 Å². The first-order valence-corrected chi connectivity index (χ1v) is 6.91. The van der Waals surface area contributed by atoms with Gasteiger partial charge in [-0.1, -0.05) is 42.0 Å². The zero-order valence-electron chi connectivity index (χ0n) is 12.3. The standard InChI is InChI=1S/C17H20N2O2/c1-13-7-9-16(10-8-13)21-12-19-17(20)18-11-15-6-4-3-5-14(15)2/h3-10H,11-12H2,1-2H3,(H2,18,19,20). The maximum Gasteiger partial charge on any atom is 0.317 e. The number of hydrogen-bond donors (Lipinski definition) is 2. The summed E-state index contributed by atoms with van der Waals surface area (Å²) >= 11 is 0. The fourth-order valence-electron chi connectivity index (χ4n) is 1.87. The Hall–Kier alpha value is -2.49. The SMILES string of the molecule is Cc1ccc(OCNC(=O)NCc2ccccc2C)cc1. The first-order chi connectivity index (χ1) is 10.1. The van der Waals surface area contributed by atoms with Crippen molar-refractivity contribution in [3.63, 3.8) is 0 Å². The van der Waals surface area contributed by atoms with Crippen LogP contribution in [0.5, 0.6) is 5.75 Å². The van der Waals surface area contributed by atoms with Crippen LogP contribution in [-0.4, -0.2) is 12.8 Å². The summed E-state index contributed by atoms with van der Waals surface area (Å²) in [5.41, 5.74) is 3.44. The van der Waals surface area contributed by atoms with Crippen molar-refractivity contribution in [2.24, 2.45) is 0 Å². The van der Waals surface area contributed by atoms with Gasteiger partial charge < -0.3 is 15.4 Å². The molecule has 110 valence electrons. The van der Waals surface area contributed by atoms with E-state index in [-0.39, 0.29) is 12.8 Å². The molecule has 0 bridgehead atoms. The summed E-state index contributed by atoms with van der Waals surface area (Å²) in [7, 11) is 0. The molecule has 0 heterocycles. The minimum Gasteiger partial charge on any atom is -0.473 e. The molecule has 0 aromatic heterocycles. The topological polar surface area (TPSA) is 50.4 Å². The van der Waals surface area contributed by atoms with Gasteiger partial charge in [0, 0.05) is 6.54 Å². The van der Waals surface area contributed by atoms with E-state index in [1.807, 2.05) is 62.4 Å². The first-order valence-electron chi connectivity index (χ1n) is 6.91. The Kier molecular flexibility index (Phi) is 5.21. The van der Waals surface area contributed by atoms with Gasteiger partial charge in [0.15, 0.2) is 6.73 Å². The summed E-state index contributed by atoms with van der Waals surface area (Å²) in [6.07, 6.45) is 0. The van der Waals surface area contributed by atoms with Gasteiger partial charge in [0.25, 0.3) is 0 Å². The van der Waals surface area contributed by atoms with E-state index < -0.39 is 0 Å². The second-order valence-corrected chi connectivity index (χ2v) is 4.89. The van der Waals surface area contributed by atoms with Gasteiger partial charge in [-0.2, -0.15) is 0 Å². The van der Waals surface area contributed by atoms with Crippen LogP contribution in [0.4, 0.5) is 4.79 Å². The summed E-state index contributed by atoms with van der Waals surface area (Å²) in [5.74, 6) is 0.736. The summed E-state index contributed by atoms with van der Waals surface area (Å²) in [6, 6.07) is 15.4. The molecule has 2 aromatic rings. The maximum absolute atomic E-state index is 11.7. The molecule has 0 aliphatic rings. The van der Waals surface area contributed by atoms with E-state index in [0.717, 1.165) is 16.9 Å². The molecule has 4 nitrogen and oxygen atoms in total. The van der Waals surface area contributed by atoms with E-state index in [1.165, 1.54) is 5.56 Å². The van der Waals surface area contributed by atoms with Crippen LogP contribution in [0, 0.1) is 13.8 Å². The number of aryl methyl sites for hydroxylation is 2. The number of hydrogen-bond acceptors (Lipinski definition) is 2. The molecule has 2 rings (SSSR count). The number of carbonyl (C=O) groups is 1. The summed E-state index contributed by atoms with van der Waals surface area (Å²) in [6.45, 7) is 4.68. The number of ether oxygens (including phenoxy) is 1. The minimum absolute atomic E-state index is 0.142. The lowest BCUT2D eigenvalue weighted by molar-refractivity contribution is 0.223. The second kappa shape index (κ2) is 7.33. The molecule has 0 spiro atoms. The van der Waals surface area contributed by atoms with Crippen LogP contribution in [0.1, 0.15) is 16.7 Å². The highest BCUT2D eigenvalue weighted by molar-refractivity contribution is 5.73. The largest absolute Gasteiger partial charge is 0.473 e. The van der Waals surface area contributed by atoms with Crippen LogP contribution in [0.3, 0.4) is 0 Å². The van der Waals surface area contributed by atoms with Gasteiger partial charge in [-0.05, 0) is 37.1 Å². The predicted molar refractivity (Wildman–Crippen MR) is 83.2 cm³/mol. The van der Waals surface area contributed by atoms with Gasteiger partial charge in [0.2, 0.25) is 0 Å². The molecule has 2 aromatic carbocycles. The molecule has 0 aliphatic heterocycles. The Balaban J connectivity index is 1.70. The van der Waals surface area contributed by atoms with Crippen molar-refractivity contribution in [3.8, 4) is 5.75 Å². The highest BCUT2D eigenvalue weighted by Gasteiger charge is 2.02. The number of rotatable bonds is 5. The minimum atomic E-state index is -0.245. The van der Waals surface area contributed by atoms with E-state index in [4.69, 9.17) is 4.74 Å². The molecule has 21 heavy (non-hydrogen) atoms. The van der Waals surface area contributed by atoms with Gasteiger partial charge in [-0.15, -0.1) is 0 Å². The van der Waals surface area contributed by atoms with E-state index in [0.29, 0.717) is 6.54 Å². The van der Waals surface area contributed by atoms with Crippen molar-refractivity contribution in [1.82, 2.24) is 10.6 Å². The number of nitrogens with one attached hydrogen (secondary N) is 2. The van der Waals surface area contributed by atoms with E-state index in [2.05, 4.69) is 10.6 Å². The molecule has 0 radical (unpaired) electrons. The normalized spacial score (nSPS) is 10.0. The van der Waals surface area contributed by atoms with Gasteiger partial charge >= 0.3 is 6.03 Å². The fourth-order valence-corrected chi connectivity index (χ4v) is 1.87. The smallest absolute Gasteiger partial charge is 0.317 e. The Labute approximate surface area is 125 Å². The monoisotopic (exact) mass is 284 g/mol. The Morgan fingerprint density at radius 3 is 2.43 bits per heavy atom. The maximum atomic E-state index is 11.7. The molecule has 2 amide bonds. The molecule has 0 saturated heterocycles. The Bertz CT molecular complexity index is 594. The average molecular weight is 284 g/mol. The van der Waals surface area contributed by atoms with E-state index in [9.17, 15) is 4.79 Å². The molecule has 0 aliphatic carbocycles. The van der Waals surface area contributed by atoms with Crippen LogP contribution in [0.15, 0.2) is 48.5 Å². The van der Waals surface area contributed by atoms with Crippen LogP contribution in [0.2, 0.25) is 0 Å². The second-order valence-electron chi connectivity index (χ2n) is 4.89. The van der Waals surface area contributed by atoms with Crippen LogP contribution in [-0.2, 0) is 6.54 Å². The third kappa shape index (κ3) is 4.84. The number of benzene rings is 2. The van der Waals surface area contributed by atoms with Crippen LogP contribution >= 0.6 is 0 Å². The highest BCUT2D eigenvalue weighted by atomic mass is 16.5. The molecule has 4 heteroatoms. The summed E-state index contributed by atoms with van der Waals surface area (Å²) < 4.78 is 5.44. The van der Waals surface area contributed by atoms with Gasteiger partial charge in [-0.3, -0.25) is 0 Å². The Morgan fingerprint density at radius 2 is 1.71 bits per heavy atom. The zero-order chi connectivity index (χ0) is 15.1. The lowest BCUT2D eigenvalue weighted by atomic mass is 10.1. The Morgan fingerprint density at radius 1 is 1.00 bits per heavy atom. The highest BCUT2D eigenvalue weighted by Crippen LogP contribution is 2.10. The van der Waals surface area contributed by atoms with Crippen molar-refractivity contribution < 1.29 is 9.53 Å². The lowest BCUT2D eigenvalue weighted by Gasteiger charge is -2.10. The molecular formula is C17H20N2O2. The number of carbonyl (C=O) groups excluding carboxylic acids is 1. The fraction of sp³-hybridized carbons (Fsp3) is 0.235. The summed E-state index contributed by atoms with van der Waals surface area (Å²) in [4.78, 5) is 11.7. The zero-order valence-corrected chi connectivity index (χ0v) is 12.3. The molecule has 0 unspecified atom stereocenters. The van der Waals surface area contributed by atoms with Crippen molar-refractivity contribution in [1.29, 1.82) is 0 Å². The number of amides is 2. The van der Waals surface area contributed by atoms with Crippen molar-refractivity contribution in [3.05, 3.63) is 65.2 Å². The van der Waals surface area contributed by atoms with Crippen molar-refractivity contribution in [2.45, 2.75) is 20.4 Å². The van der Waals surface area contributed by atoms with Crippen molar-refractivity contribution in [2.75, 3.05) is 6.73 Å². The molecule has 0 saturated carbocycles. The van der Waals surface area contributed by atoms with Gasteiger partial charge in [0.05, 0.1) is 0 Å². The van der Waals surface area contributed by atoms with Crippen LogP contribution < -0.4 is 15.4 Å². The quantitative estimate of drug-likeness (QED) is 0.829. The molecule has 2 N–H and O–H groups in total. The molecule has 0 atom stereocenters. The van der Waals surface area contributed by atoms with E-state index in [1.54, 1.807) is 0 Å². The summed E-state index contributed by atoms with van der Waals surface area (Å²) in [5, 5.41) is 5.47. The third-order valence-corrected chi connectivity index (χ3v) is 3.19. The lowest BCUT2D eigenvalue weighted by Crippen LogP contribution is -2.37. The average Bonchev–Trinajstić information content (AvgIpc) is 2.48. The van der Waals surface area contributed by atoms with Crippen LogP contribution in [0.25, 0.3) is 0 Å². The van der Waals surface area contributed by atoms with E-state index >= 15 is 0 Å². The number of urea groups is 1. The van der Waals surface area contributed by atoms with Gasteiger partial charge in [0.1, 0.15) is 5.75 Å². The van der Waals surface area contributed by atoms with Crippen molar-refractivity contribution >= 4 is 6.03 Å². The predicted octanol–water partition coefficient (Wildman–Crippen LogP) is 3.14.